The molecule has 0 amide bonds. The molecule has 0 radical (unpaired) electrons. The fraction of sp³-hybridized carbons (Fsp3) is 0. The summed E-state index contributed by atoms with van der Waals surface area (Å²) in [5.41, 5.74) is 22.2. The highest BCUT2D eigenvalue weighted by Crippen LogP contribution is 2.45. The summed E-state index contributed by atoms with van der Waals surface area (Å²) in [6, 6.07) is 0. The van der Waals surface area contributed by atoms with E-state index in [0.29, 0.717) is 0 Å². The second-order valence-electron chi connectivity index (χ2n) is 2.51. The molecule has 0 heterocycles. The monoisotopic (exact) mass is 181 g/mol. The maximum Gasteiger partial charge on any atom is 0.166 e. The van der Waals surface area contributed by atoms with Crippen LogP contribution in [-0.2, 0) is 0 Å². The Morgan fingerprint density at radius 2 is 1.31 bits per heavy atom. The summed E-state index contributed by atoms with van der Waals surface area (Å²) in [4.78, 5) is 3.56. The molecule has 9 N–H and O–H groups in total. The number of hydrogen-bond donors (Lipinski definition) is 5. The molecule has 6 heteroatoms. The Kier molecular flexibility index (Phi) is 1.89. The van der Waals surface area contributed by atoms with Crippen LogP contribution >= 0.6 is 0 Å². The zero-order valence-electron chi connectivity index (χ0n) is 6.91. The minimum Gasteiger partial charge on any atom is -0.504 e. The number of anilines is 4. The van der Waals surface area contributed by atoms with Gasteiger partial charge in [-0.05, 0) is 6.72 Å². The van der Waals surface area contributed by atoms with Crippen LogP contribution in [0.1, 0.15) is 0 Å². The summed E-state index contributed by atoms with van der Waals surface area (Å²) < 4.78 is 0. The van der Waals surface area contributed by atoms with E-state index in [1.807, 2.05) is 0 Å². The van der Waals surface area contributed by atoms with Crippen LogP contribution in [0.5, 0.6) is 5.75 Å². The first-order valence-corrected chi connectivity index (χ1v) is 3.42. The molecule has 0 aliphatic rings. The molecule has 0 spiro atoms. The van der Waals surface area contributed by atoms with Gasteiger partial charge in [-0.2, -0.15) is 0 Å². The Bertz CT molecular complexity index is 345. The number of aromatic hydroxyl groups is 1. The summed E-state index contributed by atoms with van der Waals surface area (Å²) in [5, 5.41) is 9.32. The van der Waals surface area contributed by atoms with Crippen molar-refractivity contribution >= 4 is 35.2 Å². The van der Waals surface area contributed by atoms with E-state index in [4.69, 9.17) is 22.9 Å². The second-order valence-corrected chi connectivity index (χ2v) is 2.51. The van der Waals surface area contributed by atoms with Crippen LogP contribution < -0.4 is 22.9 Å². The highest BCUT2D eigenvalue weighted by molar-refractivity contribution is 5.98. The van der Waals surface area contributed by atoms with Gasteiger partial charge in [0.15, 0.2) is 5.75 Å². The van der Waals surface area contributed by atoms with E-state index in [9.17, 15) is 5.11 Å². The summed E-state index contributed by atoms with van der Waals surface area (Å²) >= 11 is 0. The van der Waals surface area contributed by atoms with Crippen LogP contribution in [0.3, 0.4) is 0 Å². The Balaban J connectivity index is 3.66. The van der Waals surface area contributed by atoms with Crippen molar-refractivity contribution in [1.82, 2.24) is 0 Å². The van der Waals surface area contributed by atoms with E-state index in [-0.39, 0.29) is 34.2 Å². The average molecular weight is 181 g/mol. The summed E-state index contributed by atoms with van der Waals surface area (Å²) in [6.07, 6.45) is 0. The molecule has 0 fully saturated rings. The van der Waals surface area contributed by atoms with Crippen LogP contribution in [0.2, 0.25) is 0 Å². The molecule has 0 aliphatic heterocycles. The van der Waals surface area contributed by atoms with Crippen molar-refractivity contribution in [2.24, 2.45) is 4.99 Å². The number of hydrogen-bond acceptors (Lipinski definition) is 6. The zero-order valence-corrected chi connectivity index (χ0v) is 6.91. The molecule has 0 unspecified atom stereocenters. The van der Waals surface area contributed by atoms with Gasteiger partial charge in [-0.1, -0.05) is 0 Å². The third kappa shape index (κ3) is 1.08. The van der Waals surface area contributed by atoms with Gasteiger partial charge >= 0.3 is 0 Å². The van der Waals surface area contributed by atoms with Gasteiger partial charge in [-0.25, -0.2) is 0 Å². The number of phenols is 1. The first kappa shape index (κ1) is 8.98. The van der Waals surface area contributed by atoms with Crippen LogP contribution in [0.25, 0.3) is 0 Å². The second kappa shape index (κ2) is 2.74. The van der Waals surface area contributed by atoms with Crippen molar-refractivity contribution in [3.63, 3.8) is 0 Å². The minimum absolute atomic E-state index is 0.0332. The van der Waals surface area contributed by atoms with Gasteiger partial charge in [0.05, 0.1) is 11.4 Å². The van der Waals surface area contributed by atoms with Crippen molar-refractivity contribution in [1.29, 1.82) is 0 Å². The number of aliphatic imine (C=N–C) groups is 1. The molecule has 70 valence electrons. The van der Waals surface area contributed by atoms with E-state index in [1.165, 1.54) is 0 Å². The summed E-state index contributed by atoms with van der Waals surface area (Å²) in [7, 11) is 0. The van der Waals surface area contributed by atoms with Gasteiger partial charge in [0.2, 0.25) is 0 Å². The van der Waals surface area contributed by atoms with Crippen molar-refractivity contribution in [3.05, 3.63) is 0 Å². The SMILES string of the molecule is C=Nc1c(N)c(N)c(O)c(N)c1N. The van der Waals surface area contributed by atoms with E-state index >= 15 is 0 Å². The molecule has 0 atom stereocenters. The first-order chi connectivity index (χ1) is 6.00. The quantitative estimate of drug-likeness (QED) is 0.237. The van der Waals surface area contributed by atoms with E-state index in [2.05, 4.69) is 11.7 Å². The van der Waals surface area contributed by atoms with Gasteiger partial charge in [0.1, 0.15) is 17.1 Å². The van der Waals surface area contributed by atoms with Gasteiger partial charge < -0.3 is 28.0 Å². The maximum absolute atomic E-state index is 9.32. The lowest BCUT2D eigenvalue weighted by Crippen LogP contribution is -2.03. The molecular formula is C7H11N5O. The largest absolute Gasteiger partial charge is 0.504 e. The molecule has 0 saturated carbocycles. The molecule has 0 aliphatic carbocycles. The predicted molar refractivity (Wildman–Crippen MR) is 55.0 cm³/mol. The molecule has 0 saturated heterocycles. The average Bonchev–Trinajstić information content (AvgIpc) is 2.13. The fourth-order valence-electron chi connectivity index (χ4n) is 0.971. The number of nitrogens with zero attached hydrogens (tertiary/aromatic N) is 1. The molecule has 13 heavy (non-hydrogen) atoms. The maximum atomic E-state index is 9.32. The van der Waals surface area contributed by atoms with E-state index in [0.717, 1.165) is 0 Å². The fourth-order valence-corrected chi connectivity index (χ4v) is 0.971. The van der Waals surface area contributed by atoms with E-state index in [1.54, 1.807) is 0 Å². The summed E-state index contributed by atoms with van der Waals surface area (Å²) in [5.74, 6) is -0.317. The Hall–Kier alpha value is -2.11. The molecular weight excluding hydrogens is 170 g/mol. The van der Waals surface area contributed by atoms with Gasteiger partial charge in [0, 0.05) is 0 Å². The number of nitrogens with two attached hydrogens (primary N) is 4. The van der Waals surface area contributed by atoms with E-state index < -0.39 is 0 Å². The zero-order chi connectivity index (χ0) is 10.2. The Morgan fingerprint density at radius 3 is 1.62 bits per heavy atom. The topological polar surface area (TPSA) is 137 Å². The molecule has 0 aromatic heterocycles. The third-order valence-corrected chi connectivity index (χ3v) is 1.76. The number of rotatable bonds is 1. The normalized spacial score (nSPS) is 9.85. The molecule has 0 bridgehead atoms. The van der Waals surface area contributed by atoms with Gasteiger partial charge in [-0.15, -0.1) is 0 Å². The van der Waals surface area contributed by atoms with Crippen molar-refractivity contribution in [3.8, 4) is 5.75 Å². The molecule has 6 nitrogen and oxygen atoms in total. The molecule has 1 aromatic rings. The number of phenolic OH excluding ortho intramolecular Hbond substituents is 1. The van der Waals surface area contributed by atoms with Crippen LogP contribution in [0.4, 0.5) is 28.4 Å². The number of benzene rings is 1. The number of nitrogen functional groups attached to an aromatic ring is 4. The Morgan fingerprint density at radius 1 is 0.923 bits per heavy atom. The summed E-state index contributed by atoms with van der Waals surface area (Å²) in [6.45, 7) is 3.26. The van der Waals surface area contributed by atoms with Crippen molar-refractivity contribution in [2.45, 2.75) is 0 Å². The molecule has 1 aromatic carbocycles. The van der Waals surface area contributed by atoms with Crippen molar-refractivity contribution < 1.29 is 5.11 Å². The smallest absolute Gasteiger partial charge is 0.166 e. The minimum atomic E-state index is -0.317. The van der Waals surface area contributed by atoms with Crippen LogP contribution in [0, 0.1) is 0 Å². The standard InChI is InChI=1S/C7H11N5O/c1-12-6-2(8)4(10)7(13)5(11)3(6)9/h13H,1,8-11H2. The first-order valence-electron chi connectivity index (χ1n) is 3.42. The molecule has 1 rings (SSSR count). The van der Waals surface area contributed by atoms with Crippen LogP contribution in [0.15, 0.2) is 4.99 Å². The highest BCUT2D eigenvalue weighted by atomic mass is 16.3. The predicted octanol–water partition coefficient (Wildman–Crippen LogP) is 0.0531. The van der Waals surface area contributed by atoms with Gasteiger partial charge in [-0.3, -0.25) is 4.99 Å². The van der Waals surface area contributed by atoms with Crippen LogP contribution in [-0.4, -0.2) is 11.8 Å². The lowest BCUT2D eigenvalue weighted by atomic mass is 10.1. The Labute approximate surface area is 74.8 Å². The third-order valence-electron chi connectivity index (χ3n) is 1.76. The highest BCUT2D eigenvalue weighted by Gasteiger charge is 2.15. The van der Waals surface area contributed by atoms with Crippen molar-refractivity contribution in [2.75, 3.05) is 22.9 Å². The lowest BCUT2D eigenvalue weighted by Gasteiger charge is -2.12. The van der Waals surface area contributed by atoms with Gasteiger partial charge in [0.25, 0.3) is 0 Å². The lowest BCUT2D eigenvalue weighted by molar-refractivity contribution is 0.481.